The molecule has 238 valence electrons. The summed E-state index contributed by atoms with van der Waals surface area (Å²) >= 11 is 0. The summed E-state index contributed by atoms with van der Waals surface area (Å²) < 4.78 is 14.8. The molecule has 0 spiro atoms. The number of imidazole rings is 1. The summed E-state index contributed by atoms with van der Waals surface area (Å²) in [6, 6.07) is 13.5. The second-order valence-electron chi connectivity index (χ2n) is 12.4. The zero-order valence-corrected chi connectivity index (χ0v) is 26.5. The van der Waals surface area contributed by atoms with Crippen molar-refractivity contribution < 1.29 is 19.1 Å². The second kappa shape index (κ2) is 11.8. The van der Waals surface area contributed by atoms with Gasteiger partial charge in [-0.2, -0.15) is 0 Å². The number of anilines is 1. The van der Waals surface area contributed by atoms with Gasteiger partial charge in [-0.1, -0.05) is 0 Å². The van der Waals surface area contributed by atoms with Crippen molar-refractivity contribution in [3.05, 3.63) is 54.2 Å². The highest BCUT2D eigenvalue weighted by Gasteiger charge is 2.30. The van der Waals surface area contributed by atoms with Gasteiger partial charge in [-0.15, -0.1) is 0 Å². The number of amides is 2. The zero-order valence-electron chi connectivity index (χ0n) is 26.5. The number of fused-ring (bicyclic) bond motifs is 2. The SMILES string of the molecule is COC(=O)Nc1ccc(-c2ccc3cc(-c4nc5cc(C(=O)N6C[C@H](N)CC[C@@H]6C)cc(OC)c5n4C)n(CC4CC4)c3n2)cn1. The highest BCUT2D eigenvalue weighted by Crippen LogP contribution is 2.38. The molecule has 1 aromatic carbocycles. The summed E-state index contributed by atoms with van der Waals surface area (Å²) in [4.78, 5) is 41.7. The average molecular weight is 623 g/mol. The van der Waals surface area contributed by atoms with Crippen LogP contribution in [0.2, 0.25) is 0 Å². The van der Waals surface area contributed by atoms with Gasteiger partial charge in [0, 0.05) is 54.9 Å². The number of aryl methyl sites for hydroxylation is 1. The molecular weight excluding hydrogens is 584 g/mol. The Hall–Kier alpha value is -4.97. The standard InChI is InChI=1S/C34H38N8O4/c1-19-5-10-24(35)18-41(19)33(43)23-13-26-30(28(15-23)45-3)40(2)32(38-26)27-14-21-8-11-25(37-31(21)42(27)17-20-6-7-20)22-9-12-29(36-16-22)39-34(44)46-4/h8-9,11-16,19-20,24H,5-7,10,17-18,35H2,1-4H3,(H,36,39,44)/t19-,24+/m0/s1. The van der Waals surface area contributed by atoms with Crippen LogP contribution in [0.5, 0.6) is 5.75 Å². The van der Waals surface area contributed by atoms with E-state index in [-0.39, 0.29) is 18.0 Å². The molecule has 5 aromatic rings. The fourth-order valence-electron chi connectivity index (χ4n) is 6.39. The molecule has 4 aromatic heterocycles. The number of carbonyl (C=O) groups is 2. The van der Waals surface area contributed by atoms with E-state index in [0.29, 0.717) is 35.1 Å². The Morgan fingerprint density at radius 3 is 2.59 bits per heavy atom. The number of likely N-dealkylation sites (tertiary alicyclic amines) is 1. The van der Waals surface area contributed by atoms with Crippen LogP contribution < -0.4 is 15.8 Å². The molecule has 5 heterocycles. The molecule has 1 saturated heterocycles. The van der Waals surface area contributed by atoms with Gasteiger partial charge in [0.25, 0.3) is 5.91 Å². The lowest BCUT2D eigenvalue weighted by atomic mass is 9.99. The Balaban J connectivity index is 1.29. The third-order valence-electron chi connectivity index (χ3n) is 9.17. The molecule has 0 radical (unpaired) electrons. The van der Waals surface area contributed by atoms with Gasteiger partial charge in [0.15, 0.2) is 5.82 Å². The Labute approximate surface area is 266 Å². The molecule has 46 heavy (non-hydrogen) atoms. The number of nitrogens with two attached hydrogens (primary N) is 1. The predicted molar refractivity (Wildman–Crippen MR) is 176 cm³/mol. The van der Waals surface area contributed by atoms with Crippen molar-refractivity contribution in [3.8, 4) is 28.5 Å². The van der Waals surface area contributed by atoms with Gasteiger partial charge < -0.3 is 29.2 Å². The van der Waals surface area contributed by atoms with E-state index in [1.165, 1.54) is 20.0 Å². The number of hydrogen-bond donors (Lipinski definition) is 2. The quantitative estimate of drug-likeness (QED) is 0.252. The number of hydrogen-bond acceptors (Lipinski definition) is 8. The maximum atomic E-state index is 13.7. The van der Waals surface area contributed by atoms with E-state index in [0.717, 1.165) is 58.7 Å². The van der Waals surface area contributed by atoms with Gasteiger partial charge in [-0.3, -0.25) is 10.1 Å². The lowest BCUT2D eigenvalue weighted by Crippen LogP contribution is -2.50. The summed E-state index contributed by atoms with van der Waals surface area (Å²) in [6.07, 6.45) is 5.27. The van der Waals surface area contributed by atoms with Gasteiger partial charge in [-0.25, -0.2) is 19.7 Å². The van der Waals surface area contributed by atoms with Crippen LogP contribution in [0.4, 0.5) is 10.6 Å². The lowest BCUT2D eigenvalue weighted by molar-refractivity contribution is 0.0612. The normalized spacial score (nSPS) is 18.2. The number of carbonyl (C=O) groups excluding carboxylic acids is 2. The summed E-state index contributed by atoms with van der Waals surface area (Å²) in [6.45, 7) is 3.44. The van der Waals surface area contributed by atoms with Crippen LogP contribution in [-0.4, -0.2) is 73.8 Å². The number of benzene rings is 1. The first-order valence-electron chi connectivity index (χ1n) is 15.7. The van der Waals surface area contributed by atoms with E-state index in [4.69, 9.17) is 20.4 Å². The number of ether oxygens (including phenoxy) is 2. The van der Waals surface area contributed by atoms with E-state index >= 15 is 0 Å². The van der Waals surface area contributed by atoms with Crippen molar-refractivity contribution in [3.63, 3.8) is 0 Å². The largest absolute Gasteiger partial charge is 0.494 e. The van der Waals surface area contributed by atoms with Crippen LogP contribution in [0.1, 0.15) is 43.0 Å². The predicted octanol–water partition coefficient (Wildman–Crippen LogP) is 5.20. The zero-order chi connectivity index (χ0) is 32.1. The minimum atomic E-state index is -0.575. The smallest absolute Gasteiger partial charge is 0.412 e. The van der Waals surface area contributed by atoms with Crippen molar-refractivity contribution in [1.82, 2.24) is 29.0 Å². The van der Waals surface area contributed by atoms with Gasteiger partial charge in [0.05, 0.1) is 31.1 Å². The number of aromatic nitrogens is 5. The molecular formula is C34H38N8O4. The van der Waals surface area contributed by atoms with Crippen LogP contribution in [-0.2, 0) is 18.3 Å². The van der Waals surface area contributed by atoms with Gasteiger partial charge in [-0.05, 0) is 81.0 Å². The maximum absolute atomic E-state index is 13.7. The molecule has 0 bridgehead atoms. The van der Waals surface area contributed by atoms with E-state index < -0.39 is 6.09 Å². The first kappa shape index (κ1) is 29.7. The Morgan fingerprint density at radius 2 is 1.87 bits per heavy atom. The number of pyridine rings is 2. The van der Waals surface area contributed by atoms with Crippen molar-refractivity contribution in [2.45, 2.75) is 51.2 Å². The monoisotopic (exact) mass is 622 g/mol. The third-order valence-corrected chi connectivity index (χ3v) is 9.17. The molecule has 12 heteroatoms. The van der Waals surface area contributed by atoms with Crippen molar-refractivity contribution in [1.29, 1.82) is 0 Å². The van der Waals surface area contributed by atoms with Gasteiger partial charge in [0.2, 0.25) is 0 Å². The van der Waals surface area contributed by atoms with E-state index in [9.17, 15) is 9.59 Å². The highest BCUT2D eigenvalue weighted by atomic mass is 16.5. The number of rotatable bonds is 7. The number of methoxy groups -OCH3 is 2. The topological polar surface area (TPSA) is 142 Å². The number of nitrogens with zero attached hydrogens (tertiary/aromatic N) is 6. The number of piperidine rings is 1. The van der Waals surface area contributed by atoms with Crippen LogP contribution in [0, 0.1) is 5.92 Å². The molecule has 1 aliphatic carbocycles. The van der Waals surface area contributed by atoms with E-state index in [1.807, 2.05) is 40.8 Å². The molecule has 7 rings (SSSR count). The molecule has 2 amide bonds. The fourth-order valence-corrected chi connectivity index (χ4v) is 6.39. The second-order valence-corrected chi connectivity index (χ2v) is 12.4. The minimum absolute atomic E-state index is 0.0195. The minimum Gasteiger partial charge on any atom is -0.494 e. The molecule has 0 unspecified atom stereocenters. The fraction of sp³-hybridized carbons (Fsp3) is 0.382. The van der Waals surface area contributed by atoms with Crippen molar-refractivity contribution in [2.75, 3.05) is 26.1 Å². The van der Waals surface area contributed by atoms with E-state index in [2.05, 4.69) is 38.7 Å². The van der Waals surface area contributed by atoms with Gasteiger partial charge in [0.1, 0.15) is 22.7 Å². The van der Waals surface area contributed by atoms with Crippen LogP contribution in [0.15, 0.2) is 48.7 Å². The third kappa shape index (κ3) is 5.42. The lowest BCUT2D eigenvalue weighted by Gasteiger charge is -2.36. The van der Waals surface area contributed by atoms with Crippen LogP contribution >= 0.6 is 0 Å². The van der Waals surface area contributed by atoms with Crippen molar-refractivity contribution >= 4 is 39.9 Å². The van der Waals surface area contributed by atoms with Gasteiger partial charge >= 0.3 is 6.09 Å². The Morgan fingerprint density at radius 1 is 1.04 bits per heavy atom. The number of nitrogens with one attached hydrogen (secondary N) is 1. The highest BCUT2D eigenvalue weighted by molar-refractivity contribution is 6.00. The summed E-state index contributed by atoms with van der Waals surface area (Å²) in [5.74, 6) is 2.28. The Kier molecular flexibility index (Phi) is 7.59. The summed E-state index contributed by atoms with van der Waals surface area (Å²) in [7, 11) is 4.91. The Bertz CT molecular complexity index is 1960. The molecule has 12 nitrogen and oxygen atoms in total. The molecule has 3 N–H and O–H groups in total. The molecule has 2 aliphatic rings. The van der Waals surface area contributed by atoms with Crippen LogP contribution in [0.3, 0.4) is 0 Å². The first-order chi connectivity index (χ1) is 22.2. The molecule has 2 fully saturated rings. The first-order valence-corrected chi connectivity index (χ1v) is 15.7. The molecule has 1 saturated carbocycles. The summed E-state index contributed by atoms with van der Waals surface area (Å²) in [5.41, 5.74) is 11.7. The maximum Gasteiger partial charge on any atom is 0.412 e. The summed E-state index contributed by atoms with van der Waals surface area (Å²) in [5, 5.41) is 3.57. The molecule has 2 atom stereocenters. The van der Waals surface area contributed by atoms with Crippen LogP contribution in [0.25, 0.3) is 44.8 Å². The average Bonchev–Trinajstić information content (AvgIpc) is 3.74. The van der Waals surface area contributed by atoms with E-state index in [1.54, 1.807) is 19.4 Å². The van der Waals surface area contributed by atoms with Crippen molar-refractivity contribution in [2.24, 2.45) is 18.7 Å². The molecule has 1 aliphatic heterocycles.